The minimum Gasteiger partial charge on any atom is -0.385 e. The van der Waals surface area contributed by atoms with Gasteiger partial charge in [-0.15, -0.1) is 0 Å². The van der Waals surface area contributed by atoms with Crippen LogP contribution in [0.25, 0.3) is 0 Å². The second-order valence-electron chi connectivity index (χ2n) is 5.91. The standard InChI is InChI=1S/C17H26N2O2/c1-5-8-18-16-7-6-15(9-12(16)2)17(20)19-10-14(4)21-11-13(19)3/h6-7,9,13-14,18H,5,8,10-11H2,1-4H3. The molecule has 0 saturated carbocycles. The minimum absolute atomic E-state index is 0.0998. The third-order valence-electron chi connectivity index (χ3n) is 3.91. The summed E-state index contributed by atoms with van der Waals surface area (Å²) in [6, 6.07) is 6.03. The number of hydrogen-bond acceptors (Lipinski definition) is 3. The lowest BCUT2D eigenvalue weighted by Gasteiger charge is -2.37. The van der Waals surface area contributed by atoms with Crippen LogP contribution in [0.2, 0.25) is 0 Å². The number of benzene rings is 1. The van der Waals surface area contributed by atoms with Crippen molar-refractivity contribution in [3.05, 3.63) is 29.3 Å². The quantitative estimate of drug-likeness (QED) is 0.926. The van der Waals surface area contributed by atoms with Crippen molar-refractivity contribution in [2.75, 3.05) is 25.0 Å². The zero-order valence-electron chi connectivity index (χ0n) is 13.5. The van der Waals surface area contributed by atoms with Gasteiger partial charge in [-0.3, -0.25) is 4.79 Å². The van der Waals surface area contributed by atoms with Gasteiger partial charge in [-0.05, 0) is 51.0 Å². The molecule has 1 fully saturated rings. The first-order valence-electron chi connectivity index (χ1n) is 7.80. The molecule has 1 aliphatic rings. The van der Waals surface area contributed by atoms with Gasteiger partial charge in [0.15, 0.2) is 0 Å². The zero-order valence-corrected chi connectivity index (χ0v) is 13.5. The Bertz CT molecular complexity index is 502. The summed E-state index contributed by atoms with van der Waals surface area (Å²) in [5.41, 5.74) is 2.98. The third-order valence-corrected chi connectivity index (χ3v) is 3.91. The van der Waals surface area contributed by atoms with Crippen molar-refractivity contribution in [2.24, 2.45) is 0 Å². The van der Waals surface area contributed by atoms with E-state index in [2.05, 4.69) is 12.2 Å². The minimum atomic E-state index is 0.0998. The van der Waals surface area contributed by atoms with Crippen LogP contribution in [-0.4, -0.2) is 42.6 Å². The monoisotopic (exact) mass is 290 g/mol. The Hall–Kier alpha value is -1.55. The highest BCUT2D eigenvalue weighted by Gasteiger charge is 2.28. The van der Waals surface area contributed by atoms with Gasteiger partial charge in [0.05, 0.1) is 18.8 Å². The predicted octanol–water partition coefficient (Wildman–Crippen LogP) is 3.07. The number of rotatable bonds is 4. The largest absolute Gasteiger partial charge is 0.385 e. The molecule has 0 radical (unpaired) electrons. The highest BCUT2D eigenvalue weighted by molar-refractivity contribution is 5.95. The number of carbonyl (C=O) groups excluding carboxylic acids is 1. The van der Waals surface area contributed by atoms with Crippen molar-refractivity contribution >= 4 is 11.6 Å². The van der Waals surface area contributed by atoms with Crippen LogP contribution < -0.4 is 5.32 Å². The molecule has 2 rings (SSSR count). The third kappa shape index (κ3) is 3.76. The number of anilines is 1. The fourth-order valence-corrected chi connectivity index (χ4v) is 2.61. The summed E-state index contributed by atoms with van der Waals surface area (Å²) in [4.78, 5) is 14.6. The molecule has 1 amide bonds. The summed E-state index contributed by atoms with van der Waals surface area (Å²) in [6.07, 6.45) is 1.19. The van der Waals surface area contributed by atoms with E-state index >= 15 is 0 Å². The number of nitrogens with zero attached hydrogens (tertiary/aromatic N) is 1. The van der Waals surface area contributed by atoms with Gasteiger partial charge in [-0.2, -0.15) is 0 Å². The fourth-order valence-electron chi connectivity index (χ4n) is 2.61. The molecule has 0 spiro atoms. The molecule has 1 aromatic carbocycles. The maximum Gasteiger partial charge on any atom is 0.254 e. The maximum absolute atomic E-state index is 12.7. The first kappa shape index (κ1) is 15.8. The SMILES string of the molecule is CCCNc1ccc(C(=O)N2CC(C)OCC2C)cc1C. The Labute approximate surface area is 127 Å². The Balaban J connectivity index is 2.13. The number of ether oxygens (including phenoxy) is 1. The van der Waals surface area contributed by atoms with Crippen molar-refractivity contribution in [1.29, 1.82) is 0 Å². The molecule has 2 unspecified atom stereocenters. The van der Waals surface area contributed by atoms with E-state index in [-0.39, 0.29) is 18.1 Å². The summed E-state index contributed by atoms with van der Waals surface area (Å²) in [7, 11) is 0. The van der Waals surface area contributed by atoms with Crippen molar-refractivity contribution in [2.45, 2.75) is 46.3 Å². The molecule has 1 saturated heterocycles. The summed E-state index contributed by atoms with van der Waals surface area (Å²) in [6.45, 7) is 10.5. The van der Waals surface area contributed by atoms with Crippen molar-refractivity contribution in [3.8, 4) is 0 Å². The summed E-state index contributed by atoms with van der Waals surface area (Å²) >= 11 is 0. The molecule has 2 atom stereocenters. The lowest BCUT2D eigenvalue weighted by atomic mass is 10.1. The summed E-state index contributed by atoms with van der Waals surface area (Å²) < 4.78 is 5.59. The van der Waals surface area contributed by atoms with Crippen molar-refractivity contribution in [3.63, 3.8) is 0 Å². The van der Waals surface area contributed by atoms with Gasteiger partial charge in [-0.25, -0.2) is 0 Å². The van der Waals surface area contributed by atoms with Crippen LogP contribution in [0.3, 0.4) is 0 Å². The normalized spacial score (nSPS) is 22.2. The first-order valence-corrected chi connectivity index (χ1v) is 7.80. The average Bonchev–Trinajstić information content (AvgIpc) is 2.47. The Morgan fingerprint density at radius 1 is 1.43 bits per heavy atom. The molecule has 21 heavy (non-hydrogen) atoms. The molecule has 0 bridgehead atoms. The molecule has 0 aromatic heterocycles. The molecule has 1 aromatic rings. The zero-order chi connectivity index (χ0) is 15.4. The number of aryl methyl sites for hydroxylation is 1. The lowest BCUT2D eigenvalue weighted by molar-refractivity contribution is -0.0387. The highest BCUT2D eigenvalue weighted by Crippen LogP contribution is 2.20. The molecule has 1 N–H and O–H groups in total. The summed E-state index contributed by atoms with van der Waals surface area (Å²) in [5, 5.41) is 3.38. The Kier molecular flexibility index (Phi) is 5.23. The van der Waals surface area contributed by atoms with Crippen LogP contribution in [0.5, 0.6) is 0 Å². The molecule has 4 nitrogen and oxygen atoms in total. The molecule has 1 heterocycles. The van der Waals surface area contributed by atoms with E-state index in [1.165, 1.54) is 0 Å². The van der Waals surface area contributed by atoms with E-state index in [4.69, 9.17) is 4.74 Å². The van der Waals surface area contributed by atoms with Gasteiger partial charge in [0.2, 0.25) is 0 Å². The van der Waals surface area contributed by atoms with E-state index in [0.29, 0.717) is 13.2 Å². The topological polar surface area (TPSA) is 41.6 Å². The van der Waals surface area contributed by atoms with Gasteiger partial charge < -0.3 is 15.0 Å². The average molecular weight is 290 g/mol. The Morgan fingerprint density at radius 2 is 2.19 bits per heavy atom. The number of carbonyl (C=O) groups is 1. The van der Waals surface area contributed by atoms with E-state index in [1.807, 2.05) is 43.9 Å². The van der Waals surface area contributed by atoms with E-state index in [1.54, 1.807) is 0 Å². The second kappa shape index (κ2) is 6.94. The highest BCUT2D eigenvalue weighted by atomic mass is 16.5. The van der Waals surface area contributed by atoms with E-state index in [0.717, 1.165) is 29.8 Å². The van der Waals surface area contributed by atoms with Gasteiger partial charge in [-0.1, -0.05) is 6.92 Å². The fraction of sp³-hybridized carbons (Fsp3) is 0.588. The summed E-state index contributed by atoms with van der Waals surface area (Å²) in [5.74, 6) is 0.0998. The lowest BCUT2D eigenvalue weighted by Crippen LogP contribution is -2.50. The van der Waals surface area contributed by atoms with Crippen molar-refractivity contribution < 1.29 is 9.53 Å². The van der Waals surface area contributed by atoms with Crippen LogP contribution in [0.15, 0.2) is 18.2 Å². The Morgan fingerprint density at radius 3 is 2.86 bits per heavy atom. The smallest absolute Gasteiger partial charge is 0.254 e. The molecular formula is C17H26N2O2. The predicted molar refractivity (Wildman–Crippen MR) is 85.9 cm³/mol. The molecule has 4 heteroatoms. The van der Waals surface area contributed by atoms with Crippen LogP contribution in [0.4, 0.5) is 5.69 Å². The number of morpholine rings is 1. The van der Waals surface area contributed by atoms with E-state index < -0.39 is 0 Å². The number of nitrogens with one attached hydrogen (secondary N) is 1. The molecule has 116 valence electrons. The van der Waals surface area contributed by atoms with Gasteiger partial charge in [0.1, 0.15) is 0 Å². The number of amides is 1. The van der Waals surface area contributed by atoms with Crippen LogP contribution in [0.1, 0.15) is 43.1 Å². The van der Waals surface area contributed by atoms with E-state index in [9.17, 15) is 4.79 Å². The van der Waals surface area contributed by atoms with Gasteiger partial charge >= 0.3 is 0 Å². The molecule has 1 aliphatic heterocycles. The van der Waals surface area contributed by atoms with Crippen LogP contribution >= 0.6 is 0 Å². The van der Waals surface area contributed by atoms with Crippen LogP contribution in [0, 0.1) is 6.92 Å². The maximum atomic E-state index is 12.7. The molecule has 0 aliphatic carbocycles. The van der Waals surface area contributed by atoms with Gasteiger partial charge in [0, 0.05) is 24.3 Å². The first-order chi connectivity index (χ1) is 10.0. The van der Waals surface area contributed by atoms with Crippen molar-refractivity contribution in [1.82, 2.24) is 4.90 Å². The van der Waals surface area contributed by atoms with Gasteiger partial charge in [0.25, 0.3) is 5.91 Å². The second-order valence-corrected chi connectivity index (χ2v) is 5.91. The number of hydrogen-bond donors (Lipinski definition) is 1. The molecular weight excluding hydrogens is 264 g/mol. The van der Waals surface area contributed by atoms with Crippen LogP contribution in [-0.2, 0) is 4.74 Å².